The van der Waals surface area contributed by atoms with Crippen molar-refractivity contribution in [1.82, 2.24) is 4.98 Å². The Morgan fingerprint density at radius 3 is 2.72 bits per heavy atom. The highest BCUT2D eigenvalue weighted by Crippen LogP contribution is 2.25. The van der Waals surface area contributed by atoms with Crippen LogP contribution in [0.2, 0.25) is 0 Å². The summed E-state index contributed by atoms with van der Waals surface area (Å²) in [7, 11) is 0. The third-order valence-corrected chi connectivity index (χ3v) is 2.44. The average Bonchev–Trinajstić information content (AvgIpc) is 2.33. The van der Waals surface area contributed by atoms with Crippen LogP contribution in [0.25, 0.3) is 11.3 Å². The van der Waals surface area contributed by atoms with E-state index in [0.29, 0.717) is 5.56 Å². The minimum absolute atomic E-state index is 0.0353. The van der Waals surface area contributed by atoms with Crippen molar-refractivity contribution in [2.24, 2.45) is 0 Å². The van der Waals surface area contributed by atoms with Crippen LogP contribution in [0, 0.1) is 11.6 Å². The molecule has 2 aromatic rings. The fourth-order valence-electron chi connectivity index (χ4n) is 1.67. The van der Waals surface area contributed by atoms with Gasteiger partial charge in [-0.15, -0.1) is 0 Å². The van der Waals surface area contributed by atoms with Crippen LogP contribution >= 0.6 is 0 Å². The van der Waals surface area contributed by atoms with Crippen molar-refractivity contribution < 1.29 is 18.7 Å². The Hall–Kier alpha value is -2.30. The van der Waals surface area contributed by atoms with Crippen molar-refractivity contribution in [1.29, 1.82) is 0 Å². The van der Waals surface area contributed by atoms with Crippen LogP contribution in [0.3, 0.4) is 0 Å². The number of hydrogen-bond donors (Lipinski definition) is 1. The van der Waals surface area contributed by atoms with Gasteiger partial charge in [-0.3, -0.25) is 9.78 Å². The molecule has 92 valence electrons. The van der Waals surface area contributed by atoms with E-state index in [1.165, 1.54) is 24.4 Å². The summed E-state index contributed by atoms with van der Waals surface area (Å²) in [4.78, 5) is 14.6. The molecule has 0 amide bonds. The van der Waals surface area contributed by atoms with Gasteiger partial charge in [-0.2, -0.15) is 0 Å². The van der Waals surface area contributed by atoms with Gasteiger partial charge in [0.05, 0.1) is 12.1 Å². The van der Waals surface area contributed by atoms with Crippen LogP contribution in [0.4, 0.5) is 8.78 Å². The van der Waals surface area contributed by atoms with Gasteiger partial charge in [-0.05, 0) is 23.8 Å². The molecule has 0 bridgehead atoms. The lowest BCUT2D eigenvalue weighted by Gasteiger charge is -2.07. The number of pyridine rings is 1. The third kappa shape index (κ3) is 2.34. The lowest BCUT2D eigenvalue weighted by molar-refractivity contribution is -0.136. The van der Waals surface area contributed by atoms with Crippen LogP contribution in [0.15, 0.2) is 36.5 Å². The Morgan fingerprint density at radius 1 is 1.22 bits per heavy atom. The van der Waals surface area contributed by atoms with Gasteiger partial charge in [0.1, 0.15) is 0 Å². The molecule has 0 saturated carbocycles. The van der Waals surface area contributed by atoms with Crippen LogP contribution in [-0.4, -0.2) is 16.1 Å². The molecule has 0 radical (unpaired) electrons. The highest BCUT2D eigenvalue weighted by atomic mass is 19.2. The number of aromatic nitrogens is 1. The second-order valence-corrected chi connectivity index (χ2v) is 3.68. The molecule has 18 heavy (non-hydrogen) atoms. The highest BCUT2D eigenvalue weighted by Gasteiger charge is 2.15. The first-order valence-corrected chi connectivity index (χ1v) is 5.19. The molecule has 0 aliphatic heterocycles. The fraction of sp³-hybridized carbons (Fsp3) is 0.0769. The van der Waals surface area contributed by atoms with Crippen molar-refractivity contribution in [2.45, 2.75) is 6.42 Å². The van der Waals surface area contributed by atoms with Crippen molar-refractivity contribution in [3.05, 3.63) is 53.7 Å². The third-order valence-electron chi connectivity index (χ3n) is 2.44. The molecule has 0 atom stereocenters. The molecule has 0 spiro atoms. The van der Waals surface area contributed by atoms with Crippen LogP contribution < -0.4 is 0 Å². The van der Waals surface area contributed by atoms with E-state index in [1.807, 2.05) is 0 Å². The summed E-state index contributed by atoms with van der Waals surface area (Å²) < 4.78 is 26.8. The van der Waals surface area contributed by atoms with E-state index in [4.69, 9.17) is 5.11 Å². The molecular weight excluding hydrogens is 240 g/mol. The van der Waals surface area contributed by atoms with Crippen LogP contribution in [0.5, 0.6) is 0 Å². The van der Waals surface area contributed by atoms with E-state index in [9.17, 15) is 13.6 Å². The van der Waals surface area contributed by atoms with Crippen molar-refractivity contribution in [3.8, 4) is 11.3 Å². The first-order chi connectivity index (χ1) is 8.59. The first-order valence-electron chi connectivity index (χ1n) is 5.19. The summed E-state index contributed by atoms with van der Waals surface area (Å²) >= 11 is 0. The zero-order valence-electron chi connectivity index (χ0n) is 9.23. The maximum absolute atomic E-state index is 13.6. The smallest absolute Gasteiger partial charge is 0.307 e. The van der Waals surface area contributed by atoms with Crippen LogP contribution in [-0.2, 0) is 11.2 Å². The number of carboxylic acids is 1. The number of rotatable bonds is 3. The van der Waals surface area contributed by atoms with Gasteiger partial charge >= 0.3 is 5.97 Å². The molecule has 0 unspecified atom stereocenters. The standard InChI is InChI=1S/C13H9F2NO2/c14-10-5-1-4-9(12(10)15)13-8(7-11(17)18)3-2-6-16-13/h1-6H,7H2,(H,17,18). The monoisotopic (exact) mass is 249 g/mol. The largest absolute Gasteiger partial charge is 0.481 e. The number of hydrogen-bond acceptors (Lipinski definition) is 2. The van der Waals surface area contributed by atoms with E-state index in [0.717, 1.165) is 6.07 Å². The normalized spacial score (nSPS) is 10.3. The van der Waals surface area contributed by atoms with Crippen molar-refractivity contribution in [3.63, 3.8) is 0 Å². The summed E-state index contributed by atoms with van der Waals surface area (Å²) in [6.07, 6.45) is 1.12. The Morgan fingerprint density at radius 2 is 2.00 bits per heavy atom. The molecule has 0 fully saturated rings. The SMILES string of the molecule is O=C(O)Cc1cccnc1-c1cccc(F)c1F. The zero-order valence-corrected chi connectivity index (χ0v) is 9.23. The Labute approximate surface area is 102 Å². The van der Waals surface area contributed by atoms with Crippen LogP contribution in [0.1, 0.15) is 5.56 Å². The molecule has 1 N–H and O–H groups in total. The number of benzene rings is 1. The quantitative estimate of drug-likeness (QED) is 0.909. The number of nitrogens with zero attached hydrogens (tertiary/aromatic N) is 1. The van der Waals surface area contributed by atoms with Gasteiger partial charge in [0, 0.05) is 11.8 Å². The lowest BCUT2D eigenvalue weighted by atomic mass is 10.0. The molecule has 3 nitrogen and oxygen atoms in total. The Balaban J connectivity index is 2.57. The predicted octanol–water partition coefficient (Wildman–Crippen LogP) is 2.65. The summed E-state index contributed by atoms with van der Waals surface area (Å²) in [5, 5.41) is 8.77. The number of aliphatic carboxylic acids is 1. The second-order valence-electron chi connectivity index (χ2n) is 3.68. The fourth-order valence-corrected chi connectivity index (χ4v) is 1.67. The van der Waals surface area contributed by atoms with Crippen molar-refractivity contribution >= 4 is 5.97 Å². The maximum atomic E-state index is 13.6. The van der Waals surface area contributed by atoms with Gasteiger partial charge in [0.25, 0.3) is 0 Å². The van der Waals surface area contributed by atoms with Gasteiger partial charge < -0.3 is 5.11 Å². The number of carboxylic acid groups (broad SMARTS) is 1. The summed E-state index contributed by atoms with van der Waals surface area (Å²) in [5.74, 6) is -3.07. The Bertz CT molecular complexity index is 599. The van der Waals surface area contributed by atoms with Gasteiger partial charge in [-0.1, -0.05) is 12.1 Å². The summed E-state index contributed by atoms with van der Waals surface area (Å²) in [5.41, 5.74) is 0.457. The highest BCUT2D eigenvalue weighted by molar-refractivity contribution is 5.75. The molecule has 1 aromatic carbocycles. The van der Waals surface area contributed by atoms with E-state index >= 15 is 0 Å². The first kappa shape index (κ1) is 12.2. The molecular formula is C13H9F2NO2. The molecule has 5 heteroatoms. The second kappa shape index (κ2) is 4.91. The number of halogens is 2. The molecule has 1 heterocycles. The Kier molecular flexibility index (Phi) is 3.32. The molecule has 0 aliphatic carbocycles. The summed E-state index contributed by atoms with van der Waals surface area (Å²) in [6, 6.07) is 6.80. The molecule has 0 saturated heterocycles. The lowest BCUT2D eigenvalue weighted by Crippen LogP contribution is -2.04. The van der Waals surface area contributed by atoms with E-state index in [2.05, 4.69) is 4.98 Å². The van der Waals surface area contributed by atoms with Gasteiger partial charge in [-0.25, -0.2) is 8.78 Å². The summed E-state index contributed by atoms with van der Waals surface area (Å²) in [6.45, 7) is 0. The molecule has 2 rings (SSSR count). The van der Waals surface area contributed by atoms with E-state index in [-0.39, 0.29) is 17.7 Å². The minimum Gasteiger partial charge on any atom is -0.481 e. The maximum Gasteiger partial charge on any atom is 0.307 e. The van der Waals surface area contributed by atoms with Crippen molar-refractivity contribution in [2.75, 3.05) is 0 Å². The number of carbonyl (C=O) groups is 1. The molecule has 1 aromatic heterocycles. The van der Waals surface area contributed by atoms with Gasteiger partial charge in [0.2, 0.25) is 0 Å². The zero-order chi connectivity index (χ0) is 13.1. The van der Waals surface area contributed by atoms with E-state index < -0.39 is 17.6 Å². The van der Waals surface area contributed by atoms with Gasteiger partial charge in [0.15, 0.2) is 11.6 Å². The predicted molar refractivity (Wildman–Crippen MR) is 60.9 cm³/mol. The topological polar surface area (TPSA) is 50.2 Å². The average molecular weight is 249 g/mol. The van der Waals surface area contributed by atoms with E-state index in [1.54, 1.807) is 6.07 Å². The molecule has 0 aliphatic rings. The minimum atomic E-state index is -1.05.